The van der Waals surface area contributed by atoms with Gasteiger partial charge in [-0.15, -0.1) is 0 Å². The third-order valence-corrected chi connectivity index (χ3v) is 6.90. The van der Waals surface area contributed by atoms with Crippen molar-refractivity contribution in [1.29, 1.82) is 0 Å². The standard InChI is InChI=1S/C25H28N8/c1-16-11-24(32-31-16)29-23-14-22-21(3-2-8-27-22)25(30-23)28-18-12-19-4-5-20(13-18)33(19)15-17-6-9-26-10-7-17/h2-3,6-11,14,18-20H,4-5,12-13,15H2,1H3,(H3,28,29,30,31,32)/t18?,19-,20+. The van der Waals surface area contributed by atoms with Crippen LogP contribution in [0.5, 0.6) is 0 Å². The summed E-state index contributed by atoms with van der Waals surface area (Å²) in [6.45, 7) is 2.99. The van der Waals surface area contributed by atoms with Crippen molar-refractivity contribution < 1.29 is 0 Å². The first kappa shape index (κ1) is 20.1. The Balaban J connectivity index is 1.22. The minimum absolute atomic E-state index is 0.398. The minimum Gasteiger partial charge on any atom is -0.367 e. The van der Waals surface area contributed by atoms with Crippen molar-refractivity contribution in [3.63, 3.8) is 0 Å². The lowest BCUT2D eigenvalue weighted by molar-refractivity contribution is 0.124. The molecule has 4 aromatic heterocycles. The summed E-state index contributed by atoms with van der Waals surface area (Å²) in [7, 11) is 0. The number of rotatable bonds is 6. The largest absolute Gasteiger partial charge is 0.367 e. The summed E-state index contributed by atoms with van der Waals surface area (Å²) in [6, 6.07) is 13.9. The molecule has 0 saturated carbocycles. The summed E-state index contributed by atoms with van der Waals surface area (Å²) in [4.78, 5) is 16.4. The molecule has 3 N–H and O–H groups in total. The van der Waals surface area contributed by atoms with Gasteiger partial charge in [0.15, 0.2) is 5.82 Å². The van der Waals surface area contributed by atoms with Gasteiger partial charge in [-0.3, -0.25) is 20.0 Å². The van der Waals surface area contributed by atoms with Gasteiger partial charge in [-0.25, -0.2) is 4.98 Å². The van der Waals surface area contributed by atoms with Gasteiger partial charge in [-0.05, 0) is 62.4 Å². The zero-order valence-corrected chi connectivity index (χ0v) is 18.7. The summed E-state index contributed by atoms with van der Waals surface area (Å²) in [5.41, 5.74) is 3.27. The molecule has 2 fully saturated rings. The van der Waals surface area contributed by atoms with Crippen LogP contribution in [-0.4, -0.2) is 48.2 Å². The Morgan fingerprint density at radius 1 is 1.03 bits per heavy atom. The predicted molar refractivity (Wildman–Crippen MR) is 129 cm³/mol. The quantitative estimate of drug-likeness (QED) is 0.409. The number of anilines is 3. The average molecular weight is 441 g/mol. The highest BCUT2D eigenvalue weighted by Crippen LogP contribution is 2.38. The number of aryl methyl sites for hydroxylation is 1. The van der Waals surface area contributed by atoms with E-state index in [2.05, 4.69) is 53.9 Å². The van der Waals surface area contributed by atoms with E-state index in [1.165, 1.54) is 18.4 Å². The van der Waals surface area contributed by atoms with E-state index in [0.29, 0.717) is 18.1 Å². The van der Waals surface area contributed by atoms with Crippen LogP contribution in [0.1, 0.15) is 36.9 Å². The fourth-order valence-electron chi connectivity index (χ4n) is 5.41. The summed E-state index contributed by atoms with van der Waals surface area (Å²) in [6.07, 6.45) is 10.4. The van der Waals surface area contributed by atoms with E-state index < -0.39 is 0 Å². The topological polar surface area (TPSA) is 94.7 Å². The Bertz CT molecular complexity index is 1240. The Kier molecular flexibility index (Phi) is 5.14. The van der Waals surface area contributed by atoms with Crippen LogP contribution in [0.4, 0.5) is 17.5 Å². The van der Waals surface area contributed by atoms with Crippen LogP contribution in [0.25, 0.3) is 10.9 Å². The summed E-state index contributed by atoms with van der Waals surface area (Å²) < 4.78 is 0. The van der Waals surface area contributed by atoms with Crippen LogP contribution in [-0.2, 0) is 6.54 Å². The van der Waals surface area contributed by atoms with Gasteiger partial charge in [0.1, 0.15) is 11.6 Å². The highest BCUT2D eigenvalue weighted by molar-refractivity contribution is 5.91. The third-order valence-electron chi connectivity index (χ3n) is 6.90. The second kappa shape index (κ2) is 8.44. The smallest absolute Gasteiger partial charge is 0.153 e. The molecule has 4 aromatic rings. The molecule has 168 valence electrons. The van der Waals surface area contributed by atoms with Crippen molar-refractivity contribution in [2.45, 2.75) is 57.3 Å². The fraction of sp³-hybridized carbons (Fsp3) is 0.360. The van der Waals surface area contributed by atoms with E-state index in [1.54, 1.807) is 0 Å². The van der Waals surface area contributed by atoms with Gasteiger partial charge in [-0.1, -0.05) is 0 Å². The molecule has 6 rings (SSSR count). The SMILES string of the molecule is Cc1cc(Nc2cc3ncccc3c(NC3C[C@H]4CC[C@@H](C3)N4Cc3ccncc3)n2)n[nH]1. The summed E-state index contributed by atoms with van der Waals surface area (Å²) in [5, 5.41) is 15.4. The molecule has 8 nitrogen and oxygen atoms in total. The number of hydrogen-bond acceptors (Lipinski definition) is 7. The van der Waals surface area contributed by atoms with Gasteiger partial charge < -0.3 is 10.6 Å². The molecule has 2 bridgehead atoms. The summed E-state index contributed by atoms with van der Waals surface area (Å²) >= 11 is 0. The van der Waals surface area contributed by atoms with Crippen molar-refractivity contribution >= 4 is 28.4 Å². The van der Waals surface area contributed by atoms with Crippen LogP contribution < -0.4 is 10.6 Å². The number of nitrogens with zero attached hydrogens (tertiary/aromatic N) is 5. The molecule has 8 heteroatoms. The second-order valence-electron chi connectivity index (χ2n) is 9.21. The van der Waals surface area contributed by atoms with E-state index >= 15 is 0 Å². The number of nitrogens with one attached hydrogen (secondary N) is 3. The van der Waals surface area contributed by atoms with Crippen molar-refractivity contribution in [3.05, 3.63) is 66.2 Å². The molecule has 6 heterocycles. The molecule has 0 radical (unpaired) electrons. The first-order chi connectivity index (χ1) is 16.2. The molecule has 2 aliphatic rings. The Morgan fingerprint density at radius 3 is 2.61 bits per heavy atom. The lowest BCUT2D eigenvalue weighted by Gasteiger charge is -2.39. The second-order valence-corrected chi connectivity index (χ2v) is 9.21. The van der Waals surface area contributed by atoms with Gasteiger partial charge in [0.05, 0.1) is 5.52 Å². The highest BCUT2D eigenvalue weighted by atomic mass is 15.2. The molecular weight excluding hydrogens is 412 g/mol. The number of H-pyrrole nitrogens is 1. The summed E-state index contributed by atoms with van der Waals surface area (Å²) in [5.74, 6) is 2.39. The zero-order chi connectivity index (χ0) is 22.2. The maximum atomic E-state index is 4.92. The third kappa shape index (κ3) is 4.14. The number of pyridine rings is 3. The molecule has 0 aromatic carbocycles. The molecule has 3 atom stereocenters. The molecule has 2 aliphatic heterocycles. The number of fused-ring (bicyclic) bond motifs is 3. The average Bonchev–Trinajstić information content (AvgIpc) is 3.33. The molecule has 33 heavy (non-hydrogen) atoms. The van der Waals surface area contributed by atoms with E-state index in [0.717, 1.165) is 53.4 Å². The molecular formula is C25H28N8. The van der Waals surface area contributed by atoms with Crippen molar-refractivity contribution in [1.82, 2.24) is 30.0 Å². The van der Waals surface area contributed by atoms with Crippen LogP contribution >= 0.6 is 0 Å². The lowest BCUT2D eigenvalue weighted by Crippen LogP contribution is -2.46. The van der Waals surface area contributed by atoms with Crippen molar-refractivity contribution in [2.24, 2.45) is 0 Å². The molecule has 0 aliphatic carbocycles. The highest BCUT2D eigenvalue weighted by Gasteiger charge is 2.40. The maximum absolute atomic E-state index is 4.92. The number of aromatic amines is 1. The van der Waals surface area contributed by atoms with Crippen LogP contribution in [0.3, 0.4) is 0 Å². The van der Waals surface area contributed by atoms with E-state index in [4.69, 9.17) is 4.98 Å². The number of hydrogen-bond donors (Lipinski definition) is 3. The van der Waals surface area contributed by atoms with Gasteiger partial charge >= 0.3 is 0 Å². The van der Waals surface area contributed by atoms with Crippen molar-refractivity contribution in [3.8, 4) is 0 Å². The van der Waals surface area contributed by atoms with Gasteiger partial charge in [0.2, 0.25) is 0 Å². The lowest BCUT2D eigenvalue weighted by atomic mass is 9.96. The van der Waals surface area contributed by atoms with Crippen molar-refractivity contribution in [2.75, 3.05) is 10.6 Å². The Labute approximate surface area is 192 Å². The van der Waals surface area contributed by atoms with Gasteiger partial charge in [-0.2, -0.15) is 5.10 Å². The monoisotopic (exact) mass is 440 g/mol. The molecule has 0 amide bonds. The zero-order valence-electron chi connectivity index (χ0n) is 18.7. The van der Waals surface area contributed by atoms with E-state index in [-0.39, 0.29) is 0 Å². The molecule has 2 saturated heterocycles. The Morgan fingerprint density at radius 2 is 1.85 bits per heavy atom. The maximum Gasteiger partial charge on any atom is 0.153 e. The predicted octanol–water partition coefficient (Wildman–Crippen LogP) is 4.41. The van der Waals surface area contributed by atoms with Crippen LogP contribution in [0.2, 0.25) is 0 Å². The first-order valence-corrected chi connectivity index (χ1v) is 11.7. The number of piperidine rings is 1. The van der Waals surface area contributed by atoms with Crippen LogP contribution in [0, 0.1) is 6.92 Å². The van der Waals surface area contributed by atoms with E-state index in [9.17, 15) is 0 Å². The number of aromatic nitrogens is 5. The first-order valence-electron chi connectivity index (χ1n) is 11.7. The van der Waals surface area contributed by atoms with Gasteiger partial charge in [0.25, 0.3) is 0 Å². The van der Waals surface area contributed by atoms with Gasteiger partial charge in [0, 0.05) is 66.5 Å². The Hall–Kier alpha value is -3.52. The van der Waals surface area contributed by atoms with E-state index in [1.807, 2.05) is 43.7 Å². The normalized spacial score (nSPS) is 22.5. The molecule has 0 spiro atoms. The van der Waals surface area contributed by atoms with Crippen LogP contribution in [0.15, 0.2) is 55.0 Å². The molecule has 1 unspecified atom stereocenters. The fourth-order valence-corrected chi connectivity index (χ4v) is 5.41. The minimum atomic E-state index is 0.398.